The van der Waals surface area contributed by atoms with E-state index in [1.807, 2.05) is 5.38 Å². The lowest BCUT2D eigenvalue weighted by atomic mass is 10.3. The van der Waals surface area contributed by atoms with E-state index in [-0.39, 0.29) is 12.4 Å². The summed E-state index contributed by atoms with van der Waals surface area (Å²) < 4.78 is 10.7. The predicted octanol–water partition coefficient (Wildman–Crippen LogP) is 2.62. The topological polar surface area (TPSA) is 60.5 Å². The van der Waals surface area contributed by atoms with Crippen molar-refractivity contribution in [1.82, 2.24) is 4.98 Å². The number of ether oxygens (including phenoxy) is 2. The number of aromatic nitrogens is 1. The summed E-state index contributed by atoms with van der Waals surface area (Å²) >= 11 is 1.51. The Kier molecular flexibility index (Phi) is 6.26. The van der Waals surface area contributed by atoms with Gasteiger partial charge in [0.15, 0.2) is 5.13 Å². The van der Waals surface area contributed by atoms with Crippen LogP contribution in [0.4, 0.5) is 5.13 Å². The summed E-state index contributed by atoms with van der Waals surface area (Å²) in [5, 5.41) is 5.94. The minimum atomic E-state index is -0.228. The fourth-order valence-corrected chi connectivity index (χ4v) is 3.01. The number of thiazole rings is 1. The number of hydrogen-bond acceptors (Lipinski definition) is 6. The molecule has 6 heteroatoms. The molecule has 112 valence electrons. The molecule has 0 bridgehead atoms. The minimum Gasteiger partial charge on any atom is -0.466 e. The smallest absolute Gasteiger partial charge is 0.311 e. The Morgan fingerprint density at radius 2 is 2.30 bits per heavy atom. The summed E-state index contributed by atoms with van der Waals surface area (Å²) in [6, 6.07) is 0. The summed E-state index contributed by atoms with van der Waals surface area (Å²) in [6.45, 7) is 3.67. The van der Waals surface area contributed by atoms with Crippen molar-refractivity contribution in [2.24, 2.45) is 0 Å². The molecule has 0 unspecified atom stereocenters. The second-order valence-electron chi connectivity index (χ2n) is 4.83. The van der Waals surface area contributed by atoms with Crippen molar-refractivity contribution >= 4 is 22.4 Å². The zero-order valence-electron chi connectivity index (χ0n) is 11.9. The molecule has 1 heterocycles. The number of nitrogens with one attached hydrogen (secondary N) is 1. The Bertz CT molecular complexity index is 416. The van der Waals surface area contributed by atoms with Crippen LogP contribution in [0.15, 0.2) is 5.38 Å². The molecule has 0 aliphatic heterocycles. The Labute approximate surface area is 123 Å². The fourth-order valence-electron chi connectivity index (χ4n) is 2.27. The fraction of sp³-hybridized carbons (Fsp3) is 0.714. The number of nitrogens with zero attached hydrogens (tertiary/aromatic N) is 1. The van der Waals surface area contributed by atoms with Crippen molar-refractivity contribution < 1.29 is 14.3 Å². The number of carbonyl (C=O) groups is 1. The zero-order chi connectivity index (χ0) is 14.2. The van der Waals surface area contributed by atoms with Crippen LogP contribution in [0, 0.1) is 0 Å². The predicted molar refractivity (Wildman–Crippen MR) is 79.1 cm³/mol. The highest BCUT2D eigenvalue weighted by Gasteiger charge is 2.14. The third-order valence-corrected chi connectivity index (χ3v) is 4.07. The second kappa shape index (κ2) is 8.21. The normalized spacial score (nSPS) is 15.4. The van der Waals surface area contributed by atoms with Crippen molar-refractivity contribution in [2.75, 3.05) is 25.1 Å². The second-order valence-corrected chi connectivity index (χ2v) is 5.69. The van der Waals surface area contributed by atoms with Crippen molar-refractivity contribution in [3.05, 3.63) is 11.1 Å². The van der Waals surface area contributed by atoms with E-state index in [0.717, 1.165) is 17.4 Å². The number of rotatable bonds is 8. The Morgan fingerprint density at radius 3 is 3.05 bits per heavy atom. The molecule has 2 rings (SSSR count). The molecule has 0 atom stereocenters. The van der Waals surface area contributed by atoms with Crippen molar-refractivity contribution in [3.8, 4) is 0 Å². The molecule has 0 aromatic carbocycles. The van der Waals surface area contributed by atoms with Crippen molar-refractivity contribution in [1.29, 1.82) is 0 Å². The summed E-state index contributed by atoms with van der Waals surface area (Å²) in [6.07, 6.45) is 5.67. The molecule has 1 aromatic heterocycles. The van der Waals surface area contributed by atoms with E-state index in [1.54, 1.807) is 6.92 Å². The van der Waals surface area contributed by atoms with E-state index in [1.165, 1.54) is 37.0 Å². The van der Waals surface area contributed by atoms with Crippen LogP contribution in [0.1, 0.15) is 38.3 Å². The quantitative estimate of drug-likeness (QED) is 0.590. The molecule has 0 spiro atoms. The van der Waals surface area contributed by atoms with Gasteiger partial charge in [0.25, 0.3) is 0 Å². The van der Waals surface area contributed by atoms with Crippen molar-refractivity contribution in [2.45, 2.75) is 45.1 Å². The van der Waals surface area contributed by atoms with Gasteiger partial charge < -0.3 is 14.8 Å². The molecule has 1 aliphatic rings. The van der Waals surface area contributed by atoms with Crippen LogP contribution >= 0.6 is 11.3 Å². The molecule has 1 aliphatic carbocycles. The summed E-state index contributed by atoms with van der Waals surface area (Å²) in [5.41, 5.74) is 0.757. The maximum atomic E-state index is 11.3. The minimum absolute atomic E-state index is 0.228. The lowest BCUT2D eigenvalue weighted by molar-refractivity contribution is -0.142. The van der Waals surface area contributed by atoms with E-state index < -0.39 is 0 Å². The van der Waals surface area contributed by atoms with Gasteiger partial charge in [-0.1, -0.05) is 12.8 Å². The van der Waals surface area contributed by atoms with E-state index >= 15 is 0 Å². The third kappa shape index (κ3) is 5.09. The summed E-state index contributed by atoms with van der Waals surface area (Å²) in [5.74, 6) is -0.228. The first kappa shape index (κ1) is 15.3. The van der Waals surface area contributed by atoms with Gasteiger partial charge in [-0.05, 0) is 19.8 Å². The molecule has 20 heavy (non-hydrogen) atoms. The molecule has 1 aromatic rings. The van der Waals surface area contributed by atoms with Crippen LogP contribution in [0.3, 0.4) is 0 Å². The summed E-state index contributed by atoms with van der Waals surface area (Å²) in [4.78, 5) is 15.7. The van der Waals surface area contributed by atoms with Gasteiger partial charge in [0.2, 0.25) is 0 Å². The molecule has 1 saturated carbocycles. The van der Waals surface area contributed by atoms with Gasteiger partial charge in [0, 0.05) is 11.9 Å². The van der Waals surface area contributed by atoms with Crippen LogP contribution in [0.25, 0.3) is 0 Å². The van der Waals surface area contributed by atoms with Gasteiger partial charge in [-0.2, -0.15) is 0 Å². The Balaban J connectivity index is 1.63. The van der Waals surface area contributed by atoms with E-state index in [0.29, 0.717) is 19.3 Å². The van der Waals surface area contributed by atoms with Gasteiger partial charge in [-0.15, -0.1) is 11.3 Å². The van der Waals surface area contributed by atoms with Gasteiger partial charge in [-0.25, -0.2) is 4.98 Å². The van der Waals surface area contributed by atoms with E-state index in [9.17, 15) is 4.79 Å². The first-order valence-corrected chi connectivity index (χ1v) is 8.11. The SMILES string of the molecule is CCOC(=O)Cc1csc(NCCOC2CCCC2)n1. The average Bonchev–Trinajstić information content (AvgIpc) is 3.06. The van der Waals surface area contributed by atoms with Gasteiger partial charge in [0.05, 0.1) is 31.4 Å². The molecule has 0 saturated heterocycles. The average molecular weight is 298 g/mol. The highest BCUT2D eigenvalue weighted by Crippen LogP contribution is 2.21. The lowest BCUT2D eigenvalue weighted by Crippen LogP contribution is -2.15. The van der Waals surface area contributed by atoms with Crippen LogP contribution in [-0.4, -0.2) is 36.8 Å². The number of anilines is 1. The number of hydrogen-bond donors (Lipinski definition) is 1. The first-order valence-electron chi connectivity index (χ1n) is 7.23. The largest absolute Gasteiger partial charge is 0.466 e. The molecule has 5 nitrogen and oxygen atoms in total. The molecular weight excluding hydrogens is 276 g/mol. The highest BCUT2D eigenvalue weighted by atomic mass is 32.1. The summed E-state index contributed by atoms with van der Waals surface area (Å²) in [7, 11) is 0. The van der Waals surface area contributed by atoms with Gasteiger partial charge in [-0.3, -0.25) is 4.79 Å². The molecular formula is C14H22N2O3S. The molecule has 1 N–H and O–H groups in total. The van der Waals surface area contributed by atoms with Crippen LogP contribution < -0.4 is 5.32 Å². The molecule has 1 fully saturated rings. The standard InChI is InChI=1S/C14H22N2O3S/c1-2-18-13(17)9-11-10-20-14(16-11)15-7-8-19-12-5-3-4-6-12/h10,12H,2-9H2,1H3,(H,15,16). The first-order chi connectivity index (χ1) is 9.78. The molecule has 0 amide bonds. The van der Waals surface area contributed by atoms with Crippen LogP contribution in [-0.2, 0) is 20.7 Å². The maximum absolute atomic E-state index is 11.3. The van der Waals surface area contributed by atoms with Crippen LogP contribution in [0.2, 0.25) is 0 Å². The van der Waals surface area contributed by atoms with E-state index in [2.05, 4.69) is 10.3 Å². The highest BCUT2D eigenvalue weighted by molar-refractivity contribution is 7.13. The van der Waals surface area contributed by atoms with E-state index in [4.69, 9.17) is 9.47 Å². The molecule has 0 radical (unpaired) electrons. The van der Waals surface area contributed by atoms with Gasteiger partial charge >= 0.3 is 5.97 Å². The number of esters is 1. The van der Waals surface area contributed by atoms with Crippen LogP contribution in [0.5, 0.6) is 0 Å². The van der Waals surface area contributed by atoms with Crippen molar-refractivity contribution in [3.63, 3.8) is 0 Å². The third-order valence-electron chi connectivity index (χ3n) is 3.22. The monoisotopic (exact) mass is 298 g/mol. The maximum Gasteiger partial charge on any atom is 0.311 e. The zero-order valence-corrected chi connectivity index (χ0v) is 12.7. The van der Waals surface area contributed by atoms with Gasteiger partial charge in [0.1, 0.15) is 0 Å². The Hall–Kier alpha value is -1.14. The Morgan fingerprint density at radius 1 is 1.50 bits per heavy atom. The number of carbonyl (C=O) groups excluding carboxylic acids is 1. The lowest BCUT2D eigenvalue weighted by Gasteiger charge is -2.10.